The molecule has 1 aliphatic heterocycles. The van der Waals surface area contributed by atoms with Gasteiger partial charge in [0.25, 0.3) is 0 Å². The number of nitrogens with one attached hydrogen (secondary N) is 1. The zero-order valence-electron chi connectivity index (χ0n) is 10.0. The molecule has 1 aromatic carbocycles. The fourth-order valence-corrected chi connectivity index (χ4v) is 1.85. The number of carbonyl (C=O) groups excluding carboxylic acids is 2. The van der Waals surface area contributed by atoms with Gasteiger partial charge in [0.2, 0.25) is 0 Å². The lowest BCUT2D eigenvalue weighted by atomic mass is 10.2. The first kappa shape index (κ1) is 12.6. The molecule has 0 radical (unpaired) electrons. The Hall–Kier alpha value is -1.88. The van der Waals surface area contributed by atoms with Gasteiger partial charge in [0.1, 0.15) is 12.9 Å². The predicted molar refractivity (Wildman–Crippen MR) is 66.1 cm³/mol. The average Bonchev–Trinajstić information content (AvgIpc) is 2.46. The molecule has 0 spiro atoms. The maximum absolute atomic E-state index is 11.8. The molecule has 5 heteroatoms. The monoisotopic (exact) mass is 248 g/mol. The smallest absolute Gasteiger partial charge is 0.410 e. The molecule has 2 rings (SSSR count). The Morgan fingerprint density at radius 1 is 1.44 bits per heavy atom. The van der Waals surface area contributed by atoms with Gasteiger partial charge >= 0.3 is 6.09 Å². The first-order chi connectivity index (χ1) is 8.79. The second-order valence-corrected chi connectivity index (χ2v) is 4.18. The van der Waals surface area contributed by atoms with Crippen LogP contribution in [-0.4, -0.2) is 43.0 Å². The highest BCUT2D eigenvalue weighted by molar-refractivity contribution is 5.69. The van der Waals surface area contributed by atoms with Gasteiger partial charge in [-0.3, -0.25) is 0 Å². The van der Waals surface area contributed by atoms with Crippen molar-refractivity contribution in [1.82, 2.24) is 10.2 Å². The first-order valence-corrected chi connectivity index (χ1v) is 5.94. The Balaban J connectivity index is 1.82. The van der Waals surface area contributed by atoms with Gasteiger partial charge in [0.15, 0.2) is 0 Å². The number of aldehydes is 1. The van der Waals surface area contributed by atoms with E-state index in [1.54, 1.807) is 4.90 Å². The minimum Gasteiger partial charge on any atom is -0.445 e. The van der Waals surface area contributed by atoms with Crippen molar-refractivity contribution < 1.29 is 14.3 Å². The number of hydrogen-bond donors (Lipinski definition) is 1. The van der Waals surface area contributed by atoms with Crippen molar-refractivity contribution in [1.29, 1.82) is 0 Å². The lowest BCUT2D eigenvalue weighted by Crippen LogP contribution is -2.53. The average molecular weight is 248 g/mol. The van der Waals surface area contributed by atoms with Crippen molar-refractivity contribution in [3.8, 4) is 0 Å². The van der Waals surface area contributed by atoms with E-state index in [0.29, 0.717) is 19.6 Å². The van der Waals surface area contributed by atoms with Crippen LogP contribution in [0.2, 0.25) is 0 Å². The Labute approximate surface area is 106 Å². The van der Waals surface area contributed by atoms with Gasteiger partial charge in [-0.2, -0.15) is 0 Å². The van der Waals surface area contributed by atoms with Gasteiger partial charge in [0, 0.05) is 19.6 Å². The van der Waals surface area contributed by atoms with Crippen LogP contribution in [-0.2, 0) is 16.1 Å². The third kappa shape index (κ3) is 3.30. The second kappa shape index (κ2) is 6.16. The van der Waals surface area contributed by atoms with Crippen LogP contribution >= 0.6 is 0 Å². The second-order valence-electron chi connectivity index (χ2n) is 4.18. The summed E-state index contributed by atoms with van der Waals surface area (Å²) in [4.78, 5) is 24.0. The number of hydrogen-bond acceptors (Lipinski definition) is 4. The highest BCUT2D eigenvalue weighted by Gasteiger charge is 2.23. The number of nitrogens with zero attached hydrogens (tertiary/aromatic N) is 1. The summed E-state index contributed by atoms with van der Waals surface area (Å²) in [7, 11) is 0. The van der Waals surface area contributed by atoms with Crippen molar-refractivity contribution in [3.05, 3.63) is 35.9 Å². The van der Waals surface area contributed by atoms with Crippen molar-refractivity contribution >= 4 is 12.4 Å². The van der Waals surface area contributed by atoms with E-state index in [2.05, 4.69) is 5.32 Å². The fourth-order valence-electron chi connectivity index (χ4n) is 1.85. The van der Waals surface area contributed by atoms with Crippen molar-refractivity contribution in [2.24, 2.45) is 0 Å². The molecule has 1 saturated heterocycles. The Kier molecular flexibility index (Phi) is 4.30. The minimum atomic E-state index is -0.368. The lowest BCUT2D eigenvalue weighted by molar-refractivity contribution is -0.110. The third-order valence-electron chi connectivity index (χ3n) is 2.83. The molecule has 0 aliphatic carbocycles. The molecule has 1 unspecified atom stereocenters. The third-order valence-corrected chi connectivity index (χ3v) is 2.83. The van der Waals surface area contributed by atoms with E-state index >= 15 is 0 Å². The fraction of sp³-hybridized carbons (Fsp3) is 0.385. The number of piperazine rings is 1. The van der Waals surface area contributed by atoms with E-state index in [4.69, 9.17) is 4.74 Å². The molecule has 1 heterocycles. The van der Waals surface area contributed by atoms with Crippen LogP contribution in [0.15, 0.2) is 30.3 Å². The van der Waals surface area contributed by atoms with E-state index in [1.807, 2.05) is 30.3 Å². The van der Waals surface area contributed by atoms with Gasteiger partial charge in [-0.05, 0) is 5.56 Å². The summed E-state index contributed by atoms with van der Waals surface area (Å²) in [6.07, 6.45) is 0.448. The van der Waals surface area contributed by atoms with Gasteiger partial charge in [-0.15, -0.1) is 0 Å². The Morgan fingerprint density at radius 3 is 2.94 bits per heavy atom. The van der Waals surface area contributed by atoms with Gasteiger partial charge < -0.3 is 19.7 Å². The quantitative estimate of drug-likeness (QED) is 0.804. The summed E-state index contributed by atoms with van der Waals surface area (Å²) in [6, 6.07) is 9.23. The molecule has 96 valence electrons. The molecule has 1 fully saturated rings. The van der Waals surface area contributed by atoms with Gasteiger partial charge in [0.05, 0.1) is 6.04 Å². The molecule has 0 saturated carbocycles. The zero-order valence-corrected chi connectivity index (χ0v) is 10.0. The molecule has 0 bridgehead atoms. The van der Waals surface area contributed by atoms with Crippen LogP contribution in [0.4, 0.5) is 4.79 Å². The van der Waals surface area contributed by atoms with Crippen molar-refractivity contribution in [3.63, 3.8) is 0 Å². The molecule has 0 aromatic heterocycles. The number of ether oxygens (including phenoxy) is 1. The van der Waals surface area contributed by atoms with Crippen molar-refractivity contribution in [2.75, 3.05) is 19.6 Å². The normalized spacial score (nSPS) is 19.3. The summed E-state index contributed by atoms with van der Waals surface area (Å²) in [5.41, 5.74) is 0.952. The molecule has 1 amide bonds. The summed E-state index contributed by atoms with van der Waals surface area (Å²) in [5, 5.41) is 3.01. The number of carbonyl (C=O) groups is 2. The molecular formula is C13H16N2O3. The van der Waals surface area contributed by atoms with Crippen LogP contribution in [0.1, 0.15) is 5.56 Å². The summed E-state index contributed by atoms with van der Waals surface area (Å²) in [6.45, 7) is 1.81. The van der Waals surface area contributed by atoms with E-state index in [-0.39, 0.29) is 18.7 Å². The van der Waals surface area contributed by atoms with Crippen LogP contribution in [0, 0.1) is 0 Å². The van der Waals surface area contributed by atoms with Crippen LogP contribution < -0.4 is 5.32 Å². The Morgan fingerprint density at radius 2 is 2.22 bits per heavy atom. The van der Waals surface area contributed by atoms with E-state index < -0.39 is 0 Å². The number of amides is 1. The number of rotatable bonds is 3. The van der Waals surface area contributed by atoms with Crippen LogP contribution in [0.5, 0.6) is 0 Å². The molecule has 1 aromatic rings. The van der Waals surface area contributed by atoms with Gasteiger partial charge in [-0.25, -0.2) is 4.79 Å². The SMILES string of the molecule is O=CC1CN(C(=O)OCc2ccccc2)CCN1. The topological polar surface area (TPSA) is 58.6 Å². The van der Waals surface area contributed by atoms with Gasteiger partial charge in [-0.1, -0.05) is 30.3 Å². The molecule has 1 aliphatic rings. The van der Waals surface area contributed by atoms with E-state index in [0.717, 1.165) is 11.8 Å². The van der Waals surface area contributed by atoms with Crippen molar-refractivity contribution in [2.45, 2.75) is 12.6 Å². The molecule has 1 atom stereocenters. The lowest BCUT2D eigenvalue weighted by Gasteiger charge is -2.30. The minimum absolute atomic E-state index is 0.259. The maximum atomic E-state index is 11.8. The molecular weight excluding hydrogens is 232 g/mol. The highest BCUT2D eigenvalue weighted by Crippen LogP contribution is 2.05. The summed E-state index contributed by atoms with van der Waals surface area (Å²) < 4.78 is 5.20. The number of benzene rings is 1. The maximum Gasteiger partial charge on any atom is 0.410 e. The summed E-state index contributed by atoms with van der Waals surface area (Å²) in [5.74, 6) is 0. The predicted octanol–water partition coefficient (Wildman–Crippen LogP) is 0.796. The standard InChI is InChI=1S/C13H16N2O3/c16-9-12-8-15(7-6-14-12)13(17)18-10-11-4-2-1-3-5-11/h1-5,9,12,14H,6-8,10H2. The Bertz CT molecular complexity index is 408. The van der Waals surface area contributed by atoms with Crippen LogP contribution in [0.3, 0.4) is 0 Å². The largest absolute Gasteiger partial charge is 0.445 e. The first-order valence-electron chi connectivity index (χ1n) is 5.94. The molecule has 5 nitrogen and oxygen atoms in total. The zero-order chi connectivity index (χ0) is 12.8. The highest BCUT2D eigenvalue weighted by atomic mass is 16.6. The summed E-state index contributed by atoms with van der Waals surface area (Å²) >= 11 is 0. The van der Waals surface area contributed by atoms with Crippen LogP contribution in [0.25, 0.3) is 0 Å². The van der Waals surface area contributed by atoms with E-state index in [9.17, 15) is 9.59 Å². The van der Waals surface area contributed by atoms with E-state index in [1.165, 1.54) is 0 Å². The molecule has 18 heavy (non-hydrogen) atoms. The molecule has 1 N–H and O–H groups in total.